The lowest BCUT2D eigenvalue weighted by Gasteiger charge is -2.37. The molecule has 1 aliphatic heterocycles. The summed E-state index contributed by atoms with van der Waals surface area (Å²) in [5.41, 5.74) is 5.57. The third kappa shape index (κ3) is 3.76. The van der Waals surface area contributed by atoms with E-state index in [2.05, 4.69) is 15.4 Å². The molecule has 7 nitrogen and oxygen atoms in total. The molecule has 0 bridgehead atoms. The van der Waals surface area contributed by atoms with Gasteiger partial charge >= 0.3 is 6.03 Å². The highest BCUT2D eigenvalue weighted by molar-refractivity contribution is 5.84. The van der Waals surface area contributed by atoms with Gasteiger partial charge in [0.1, 0.15) is 0 Å². The monoisotopic (exact) mass is 257 g/mol. The summed E-state index contributed by atoms with van der Waals surface area (Å²) < 4.78 is 0. The number of urea groups is 1. The van der Waals surface area contributed by atoms with E-state index in [4.69, 9.17) is 10.9 Å². The highest BCUT2D eigenvalue weighted by Crippen LogP contribution is 2.06. The Balaban J connectivity index is 2.39. The van der Waals surface area contributed by atoms with E-state index in [-0.39, 0.29) is 17.9 Å². The first-order valence-electron chi connectivity index (χ1n) is 6.34. The van der Waals surface area contributed by atoms with Crippen molar-refractivity contribution in [3.05, 3.63) is 0 Å². The van der Waals surface area contributed by atoms with Crippen LogP contribution in [0.3, 0.4) is 0 Å². The smallest absolute Gasteiger partial charge is 0.317 e. The number of nitrogens with zero attached hydrogens (tertiary/aromatic N) is 3. The topological polar surface area (TPSA) is 94.2 Å². The molecular weight excluding hydrogens is 234 g/mol. The highest BCUT2D eigenvalue weighted by Gasteiger charge is 2.25. The molecule has 1 fully saturated rings. The van der Waals surface area contributed by atoms with Crippen LogP contribution in [0.1, 0.15) is 20.3 Å². The molecule has 0 saturated carbocycles. The first kappa shape index (κ1) is 14.6. The number of piperazine rings is 1. The maximum absolute atomic E-state index is 11.7. The van der Waals surface area contributed by atoms with Gasteiger partial charge in [-0.15, -0.1) is 0 Å². The predicted molar refractivity (Wildman–Crippen MR) is 69.7 cm³/mol. The third-order valence-corrected chi connectivity index (χ3v) is 3.22. The summed E-state index contributed by atoms with van der Waals surface area (Å²) in [5.74, 6) is 0.207. The zero-order chi connectivity index (χ0) is 13.5. The van der Waals surface area contributed by atoms with E-state index in [1.165, 1.54) is 0 Å². The van der Waals surface area contributed by atoms with Crippen LogP contribution in [0.25, 0.3) is 0 Å². The van der Waals surface area contributed by atoms with Crippen molar-refractivity contribution in [3.63, 3.8) is 0 Å². The van der Waals surface area contributed by atoms with Crippen LogP contribution in [0, 0.1) is 0 Å². The minimum Gasteiger partial charge on any atom is -0.409 e. The number of oxime groups is 1. The molecule has 1 aliphatic rings. The minimum absolute atomic E-state index is 0.00653. The van der Waals surface area contributed by atoms with Gasteiger partial charge in [0.05, 0.1) is 6.04 Å². The van der Waals surface area contributed by atoms with Crippen molar-refractivity contribution in [1.29, 1.82) is 0 Å². The van der Waals surface area contributed by atoms with Crippen LogP contribution >= 0.6 is 0 Å². The Bertz CT molecular complexity index is 300. The summed E-state index contributed by atoms with van der Waals surface area (Å²) in [7, 11) is 0. The van der Waals surface area contributed by atoms with Crippen molar-refractivity contribution < 1.29 is 10.0 Å². The predicted octanol–water partition coefficient (Wildman–Crippen LogP) is -0.141. The Morgan fingerprint density at radius 3 is 2.56 bits per heavy atom. The fourth-order valence-corrected chi connectivity index (χ4v) is 1.93. The summed E-state index contributed by atoms with van der Waals surface area (Å²) in [6.45, 7) is 7.42. The average Bonchev–Trinajstić information content (AvgIpc) is 2.43. The Hall–Kier alpha value is -1.50. The first-order valence-corrected chi connectivity index (χ1v) is 6.34. The SMILES string of the molecule is CCCNC(=O)N1CCN(C(C)C(N)=NO)CC1. The van der Waals surface area contributed by atoms with Crippen molar-refractivity contribution in [3.8, 4) is 0 Å². The van der Waals surface area contributed by atoms with Crippen LogP contribution in [0.15, 0.2) is 5.16 Å². The van der Waals surface area contributed by atoms with E-state index in [1.54, 1.807) is 4.90 Å². The Morgan fingerprint density at radius 2 is 2.06 bits per heavy atom. The van der Waals surface area contributed by atoms with Crippen LogP contribution in [-0.2, 0) is 0 Å². The van der Waals surface area contributed by atoms with Gasteiger partial charge in [-0.05, 0) is 13.3 Å². The number of hydrogen-bond donors (Lipinski definition) is 3. The van der Waals surface area contributed by atoms with E-state index >= 15 is 0 Å². The molecule has 0 aromatic rings. The van der Waals surface area contributed by atoms with Gasteiger partial charge in [-0.2, -0.15) is 0 Å². The standard InChI is InChI=1S/C11H23N5O2/c1-3-4-13-11(17)16-7-5-15(6-8-16)9(2)10(12)14-18/h9,18H,3-8H2,1-2H3,(H2,12,14)(H,13,17). The molecule has 104 valence electrons. The maximum atomic E-state index is 11.7. The Morgan fingerprint density at radius 1 is 1.44 bits per heavy atom. The summed E-state index contributed by atoms with van der Waals surface area (Å²) >= 11 is 0. The van der Waals surface area contributed by atoms with Gasteiger partial charge in [-0.3, -0.25) is 4.90 Å². The van der Waals surface area contributed by atoms with E-state index in [1.807, 2.05) is 13.8 Å². The zero-order valence-electron chi connectivity index (χ0n) is 11.1. The zero-order valence-corrected chi connectivity index (χ0v) is 11.1. The van der Waals surface area contributed by atoms with Gasteiger partial charge in [0, 0.05) is 32.7 Å². The normalized spacial score (nSPS) is 19.7. The molecule has 0 aliphatic carbocycles. The second kappa shape index (κ2) is 7.05. The number of rotatable bonds is 4. The Labute approximate surface area is 108 Å². The number of carbonyl (C=O) groups excluding carboxylic acids is 1. The number of amidine groups is 1. The molecule has 18 heavy (non-hydrogen) atoms. The van der Waals surface area contributed by atoms with Crippen molar-refractivity contribution in [1.82, 2.24) is 15.1 Å². The van der Waals surface area contributed by atoms with Crippen LogP contribution < -0.4 is 11.1 Å². The fourth-order valence-electron chi connectivity index (χ4n) is 1.93. The molecule has 7 heteroatoms. The van der Waals surface area contributed by atoms with Crippen molar-refractivity contribution >= 4 is 11.9 Å². The van der Waals surface area contributed by atoms with Gasteiger partial charge in [-0.25, -0.2) is 4.79 Å². The molecule has 2 amide bonds. The van der Waals surface area contributed by atoms with E-state index < -0.39 is 0 Å². The molecule has 1 saturated heterocycles. The molecule has 1 unspecified atom stereocenters. The molecule has 0 aromatic carbocycles. The quantitative estimate of drug-likeness (QED) is 0.283. The van der Waals surface area contributed by atoms with Crippen LogP contribution in [0.4, 0.5) is 4.79 Å². The lowest BCUT2D eigenvalue weighted by molar-refractivity contribution is 0.130. The van der Waals surface area contributed by atoms with Gasteiger partial charge in [0.25, 0.3) is 0 Å². The van der Waals surface area contributed by atoms with Crippen LogP contribution in [-0.4, -0.2) is 65.6 Å². The van der Waals surface area contributed by atoms with Crippen molar-refractivity contribution in [2.24, 2.45) is 10.9 Å². The van der Waals surface area contributed by atoms with E-state index in [9.17, 15) is 4.79 Å². The van der Waals surface area contributed by atoms with Gasteiger partial charge < -0.3 is 21.2 Å². The molecule has 1 heterocycles. The summed E-state index contributed by atoms with van der Waals surface area (Å²) in [6, 6.07) is -0.108. The third-order valence-electron chi connectivity index (χ3n) is 3.22. The van der Waals surface area contributed by atoms with Crippen LogP contribution in [0.5, 0.6) is 0 Å². The number of nitrogens with one attached hydrogen (secondary N) is 1. The summed E-state index contributed by atoms with van der Waals surface area (Å²) in [5, 5.41) is 14.5. The lowest BCUT2D eigenvalue weighted by Crippen LogP contribution is -2.56. The van der Waals surface area contributed by atoms with Gasteiger partial charge in [0.15, 0.2) is 5.84 Å². The van der Waals surface area contributed by atoms with E-state index in [0.29, 0.717) is 19.6 Å². The Kier molecular flexibility index (Phi) is 5.70. The second-order valence-electron chi connectivity index (χ2n) is 4.46. The van der Waals surface area contributed by atoms with Crippen LogP contribution in [0.2, 0.25) is 0 Å². The maximum Gasteiger partial charge on any atom is 0.317 e. The number of hydrogen-bond acceptors (Lipinski definition) is 4. The minimum atomic E-state index is -0.101. The largest absolute Gasteiger partial charge is 0.409 e. The number of nitrogens with two attached hydrogens (primary N) is 1. The molecule has 1 rings (SSSR count). The van der Waals surface area contributed by atoms with Gasteiger partial charge in [0.2, 0.25) is 0 Å². The summed E-state index contributed by atoms with van der Waals surface area (Å²) in [6.07, 6.45) is 0.937. The van der Waals surface area contributed by atoms with Crippen molar-refractivity contribution in [2.45, 2.75) is 26.3 Å². The van der Waals surface area contributed by atoms with Gasteiger partial charge in [-0.1, -0.05) is 12.1 Å². The lowest BCUT2D eigenvalue weighted by atomic mass is 10.2. The highest BCUT2D eigenvalue weighted by atomic mass is 16.4. The first-order chi connectivity index (χ1) is 8.60. The number of carbonyl (C=O) groups is 1. The summed E-state index contributed by atoms with van der Waals surface area (Å²) in [4.78, 5) is 15.6. The second-order valence-corrected chi connectivity index (χ2v) is 4.46. The molecular formula is C11H23N5O2. The molecule has 1 atom stereocenters. The number of amides is 2. The molecule has 0 radical (unpaired) electrons. The molecule has 0 spiro atoms. The van der Waals surface area contributed by atoms with E-state index in [0.717, 1.165) is 19.5 Å². The average molecular weight is 257 g/mol. The molecule has 0 aromatic heterocycles. The fraction of sp³-hybridized carbons (Fsp3) is 0.818. The molecule has 4 N–H and O–H groups in total. The van der Waals surface area contributed by atoms with Crippen molar-refractivity contribution in [2.75, 3.05) is 32.7 Å².